The maximum atomic E-state index is 11.5. The van der Waals surface area contributed by atoms with E-state index in [1.54, 1.807) is 5.57 Å². The molecule has 0 spiro atoms. The van der Waals surface area contributed by atoms with Gasteiger partial charge in [-0.3, -0.25) is 0 Å². The van der Waals surface area contributed by atoms with E-state index in [9.17, 15) is 10.2 Å². The average Bonchev–Trinajstić information content (AvgIpc) is 3.00. The van der Waals surface area contributed by atoms with Crippen LogP contribution in [-0.2, 0) is 0 Å². The molecule has 0 aliphatic heterocycles. The minimum Gasteiger partial charge on any atom is -0.393 e. The highest BCUT2D eigenvalue weighted by molar-refractivity contribution is 5.25. The SMILES string of the molecule is CCCCC[C@](C)(O)C1CCC2C3CC=C4C[C@@H](O)CC[C@]4(C)C3CC[C@@]21C. The van der Waals surface area contributed by atoms with Gasteiger partial charge in [-0.15, -0.1) is 0 Å². The Morgan fingerprint density at radius 2 is 1.86 bits per heavy atom. The summed E-state index contributed by atoms with van der Waals surface area (Å²) in [5, 5.41) is 21.7. The minimum absolute atomic E-state index is 0.112. The number of hydrogen-bond donors (Lipinski definition) is 2. The van der Waals surface area contributed by atoms with Crippen molar-refractivity contribution >= 4 is 0 Å². The van der Waals surface area contributed by atoms with Crippen molar-refractivity contribution in [1.29, 1.82) is 0 Å². The maximum absolute atomic E-state index is 11.5. The normalized spacial score (nSPS) is 47.5. The summed E-state index contributed by atoms with van der Waals surface area (Å²) in [6, 6.07) is 0. The molecule has 0 amide bonds. The molecule has 4 unspecified atom stereocenters. The lowest BCUT2D eigenvalue weighted by atomic mass is 9.46. The van der Waals surface area contributed by atoms with Crippen molar-refractivity contribution < 1.29 is 10.2 Å². The largest absolute Gasteiger partial charge is 0.393 e. The molecule has 4 aliphatic rings. The average molecular weight is 389 g/mol. The number of aliphatic hydroxyl groups excluding tert-OH is 1. The molecule has 0 bridgehead atoms. The molecule has 4 aliphatic carbocycles. The Kier molecular flexibility index (Phi) is 5.54. The van der Waals surface area contributed by atoms with E-state index in [-0.39, 0.29) is 6.10 Å². The summed E-state index contributed by atoms with van der Waals surface area (Å²) >= 11 is 0. The predicted octanol–water partition coefficient (Wildman–Crippen LogP) is 6.26. The Bertz CT molecular complexity index is 608. The fraction of sp³-hybridized carbons (Fsp3) is 0.923. The first kappa shape index (κ1) is 20.9. The molecule has 3 fully saturated rings. The molecule has 160 valence electrons. The van der Waals surface area contributed by atoms with Crippen LogP contribution in [-0.4, -0.2) is 21.9 Å². The van der Waals surface area contributed by atoms with Gasteiger partial charge in [0.1, 0.15) is 0 Å². The fourth-order valence-electron chi connectivity index (χ4n) is 8.57. The molecular weight excluding hydrogens is 344 g/mol. The van der Waals surface area contributed by atoms with Crippen molar-refractivity contribution in [2.75, 3.05) is 0 Å². The Morgan fingerprint density at radius 3 is 2.61 bits per heavy atom. The zero-order chi connectivity index (χ0) is 20.2. The molecule has 2 heteroatoms. The minimum atomic E-state index is -0.500. The van der Waals surface area contributed by atoms with Crippen molar-refractivity contribution in [3.63, 3.8) is 0 Å². The number of unbranched alkanes of at least 4 members (excludes halogenated alkanes) is 2. The Balaban J connectivity index is 1.55. The van der Waals surface area contributed by atoms with Crippen LogP contribution in [0.4, 0.5) is 0 Å². The van der Waals surface area contributed by atoms with Gasteiger partial charge in [0.05, 0.1) is 11.7 Å². The first-order valence-electron chi connectivity index (χ1n) is 12.3. The Labute approximate surface area is 173 Å². The number of hydrogen-bond acceptors (Lipinski definition) is 2. The van der Waals surface area contributed by atoms with Crippen LogP contribution in [0, 0.1) is 34.5 Å². The lowest BCUT2D eigenvalue weighted by molar-refractivity contribution is -0.105. The number of fused-ring (bicyclic) bond motifs is 5. The molecule has 2 N–H and O–H groups in total. The number of aliphatic hydroxyl groups is 2. The van der Waals surface area contributed by atoms with Crippen LogP contribution in [0.5, 0.6) is 0 Å². The summed E-state index contributed by atoms with van der Waals surface area (Å²) in [7, 11) is 0. The first-order valence-corrected chi connectivity index (χ1v) is 12.3. The predicted molar refractivity (Wildman–Crippen MR) is 116 cm³/mol. The van der Waals surface area contributed by atoms with Gasteiger partial charge in [-0.05, 0) is 99.2 Å². The van der Waals surface area contributed by atoms with E-state index in [2.05, 4.69) is 33.8 Å². The van der Waals surface area contributed by atoms with Crippen LogP contribution in [0.15, 0.2) is 11.6 Å². The molecule has 0 radical (unpaired) electrons. The summed E-state index contributed by atoms with van der Waals surface area (Å²) in [5.74, 6) is 2.82. The highest BCUT2D eigenvalue weighted by Gasteiger charge is 2.61. The molecule has 0 aromatic carbocycles. The van der Waals surface area contributed by atoms with E-state index in [1.165, 1.54) is 57.8 Å². The molecule has 4 rings (SSSR count). The van der Waals surface area contributed by atoms with Crippen molar-refractivity contribution in [3.8, 4) is 0 Å². The van der Waals surface area contributed by atoms with Crippen LogP contribution >= 0.6 is 0 Å². The standard InChI is InChI=1S/C26H44O2/c1-5-6-7-14-26(4,28)23-11-10-21-20-9-8-18-17-19(27)12-15-24(18,2)22(20)13-16-25(21,23)3/h8,19-23,27-28H,5-7,9-17H2,1-4H3/t19-,20?,21?,22?,23?,24-,25-,26-/m0/s1. The maximum Gasteiger partial charge on any atom is 0.0653 e. The molecule has 0 heterocycles. The van der Waals surface area contributed by atoms with E-state index >= 15 is 0 Å². The highest BCUT2D eigenvalue weighted by atomic mass is 16.3. The smallest absolute Gasteiger partial charge is 0.0653 e. The lowest BCUT2D eigenvalue weighted by Gasteiger charge is -2.59. The number of allylic oxidation sites excluding steroid dienone is 1. The zero-order valence-electron chi connectivity index (χ0n) is 18.8. The summed E-state index contributed by atoms with van der Waals surface area (Å²) in [6.07, 6.45) is 16.4. The van der Waals surface area contributed by atoms with E-state index in [0.29, 0.717) is 16.7 Å². The quantitative estimate of drug-likeness (QED) is 0.431. The van der Waals surface area contributed by atoms with Crippen molar-refractivity contribution in [3.05, 3.63) is 11.6 Å². The third kappa shape index (κ3) is 3.22. The van der Waals surface area contributed by atoms with E-state index in [0.717, 1.165) is 37.0 Å². The Hall–Kier alpha value is -0.340. The molecule has 0 aromatic rings. The topological polar surface area (TPSA) is 40.5 Å². The van der Waals surface area contributed by atoms with Crippen molar-refractivity contribution in [1.82, 2.24) is 0 Å². The van der Waals surface area contributed by atoms with E-state index < -0.39 is 5.60 Å². The second kappa shape index (κ2) is 7.41. The van der Waals surface area contributed by atoms with Crippen molar-refractivity contribution in [2.24, 2.45) is 34.5 Å². The van der Waals surface area contributed by atoms with Gasteiger partial charge in [-0.25, -0.2) is 0 Å². The van der Waals surface area contributed by atoms with Gasteiger partial charge >= 0.3 is 0 Å². The molecule has 2 nitrogen and oxygen atoms in total. The first-order chi connectivity index (χ1) is 13.2. The molecular formula is C26H44O2. The molecule has 0 aromatic heterocycles. The van der Waals surface area contributed by atoms with E-state index in [4.69, 9.17) is 0 Å². The molecule has 0 saturated heterocycles. The summed E-state index contributed by atoms with van der Waals surface area (Å²) in [5.41, 5.74) is 1.70. The summed E-state index contributed by atoms with van der Waals surface area (Å²) in [6.45, 7) is 9.44. The van der Waals surface area contributed by atoms with Crippen LogP contribution < -0.4 is 0 Å². The third-order valence-electron chi connectivity index (χ3n) is 10.1. The van der Waals surface area contributed by atoms with Crippen LogP contribution in [0.25, 0.3) is 0 Å². The number of rotatable bonds is 5. The van der Waals surface area contributed by atoms with Crippen LogP contribution in [0.2, 0.25) is 0 Å². The van der Waals surface area contributed by atoms with E-state index in [1.807, 2.05) is 0 Å². The summed E-state index contributed by atoms with van der Waals surface area (Å²) in [4.78, 5) is 0. The second-order valence-electron chi connectivity index (χ2n) is 11.6. The summed E-state index contributed by atoms with van der Waals surface area (Å²) < 4.78 is 0. The molecule has 28 heavy (non-hydrogen) atoms. The van der Waals surface area contributed by atoms with Crippen molar-refractivity contribution in [2.45, 2.75) is 116 Å². The van der Waals surface area contributed by atoms with Gasteiger partial charge in [0, 0.05) is 0 Å². The van der Waals surface area contributed by atoms with Gasteiger partial charge in [0.25, 0.3) is 0 Å². The highest BCUT2D eigenvalue weighted by Crippen LogP contribution is 2.67. The fourth-order valence-corrected chi connectivity index (χ4v) is 8.57. The molecule has 8 atom stereocenters. The van der Waals surface area contributed by atoms with Gasteiger partial charge in [-0.1, -0.05) is 51.7 Å². The zero-order valence-corrected chi connectivity index (χ0v) is 18.8. The third-order valence-corrected chi connectivity index (χ3v) is 10.1. The Morgan fingerprint density at radius 1 is 1.07 bits per heavy atom. The second-order valence-corrected chi connectivity index (χ2v) is 11.6. The monoisotopic (exact) mass is 388 g/mol. The van der Waals surface area contributed by atoms with Gasteiger partial charge in [0.15, 0.2) is 0 Å². The van der Waals surface area contributed by atoms with Gasteiger partial charge in [0.2, 0.25) is 0 Å². The lowest BCUT2D eigenvalue weighted by Crippen LogP contribution is -2.53. The van der Waals surface area contributed by atoms with Gasteiger partial charge < -0.3 is 10.2 Å². The molecule has 3 saturated carbocycles. The van der Waals surface area contributed by atoms with Gasteiger partial charge in [-0.2, -0.15) is 0 Å². The van der Waals surface area contributed by atoms with Crippen LogP contribution in [0.3, 0.4) is 0 Å². The van der Waals surface area contributed by atoms with Crippen LogP contribution in [0.1, 0.15) is 105 Å².